The van der Waals surface area contributed by atoms with E-state index in [-0.39, 0.29) is 29.9 Å². The molecule has 6 aromatic carbocycles. The lowest BCUT2D eigenvalue weighted by Gasteiger charge is -2.34. The van der Waals surface area contributed by atoms with Gasteiger partial charge in [0.25, 0.3) is 0 Å². The Hall–Kier alpha value is -6.24. The van der Waals surface area contributed by atoms with E-state index in [2.05, 4.69) is 0 Å². The third-order valence-electron chi connectivity index (χ3n) is 10.1. The van der Waals surface area contributed by atoms with Gasteiger partial charge < -0.3 is 9.47 Å². The number of benzene rings is 6. The van der Waals surface area contributed by atoms with Crippen molar-refractivity contribution in [3.63, 3.8) is 0 Å². The summed E-state index contributed by atoms with van der Waals surface area (Å²) in [5.41, 5.74) is 4.88. The quantitative estimate of drug-likeness (QED) is 0.0820. The molecule has 55 heavy (non-hydrogen) atoms. The number of hydrogen-bond donors (Lipinski definition) is 0. The van der Waals surface area contributed by atoms with Gasteiger partial charge in [0.15, 0.2) is 17.3 Å². The van der Waals surface area contributed by atoms with E-state index in [0.29, 0.717) is 33.4 Å². The molecule has 0 heterocycles. The molecule has 0 aliphatic rings. The first kappa shape index (κ1) is 38.5. The second kappa shape index (κ2) is 16.4. The fourth-order valence-electron chi connectivity index (χ4n) is 6.10. The molecule has 276 valence electrons. The molecule has 0 radical (unpaired) electrons. The third-order valence-corrected chi connectivity index (χ3v) is 10.1. The second-order valence-corrected chi connectivity index (χ2v) is 14.7. The molecular weight excluding hydrogens is 685 g/mol. The number of ether oxygens (including phenoxy) is 2. The monoisotopic (exact) mass is 728 g/mol. The highest BCUT2D eigenvalue weighted by molar-refractivity contribution is 6.10. The Balaban J connectivity index is 1.01. The zero-order valence-corrected chi connectivity index (χ0v) is 31.7. The summed E-state index contributed by atoms with van der Waals surface area (Å²) in [6.07, 6.45) is 0. The molecule has 0 bridgehead atoms. The summed E-state index contributed by atoms with van der Waals surface area (Å²) in [6.45, 7) is 9.05. The van der Waals surface area contributed by atoms with Crippen LogP contribution in [0.4, 0.5) is 0 Å². The van der Waals surface area contributed by atoms with Gasteiger partial charge in [-0.25, -0.2) is 4.79 Å². The minimum atomic E-state index is -1.18. The Morgan fingerprint density at radius 1 is 0.455 bits per heavy atom. The molecule has 0 fully saturated rings. The Bertz CT molecular complexity index is 2270. The fourth-order valence-corrected chi connectivity index (χ4v) is 6.10. The van der Waals surface area contributed by atoms with Crippen LogP contribution in [0, 0.1) is 5.92 Å². The lowest BCUT2D eigenvalue weighted by molar-refractivity contribution is -0.0738. The van der Waals surface area contributed by atoms with Crippen molar-refractivity contribution in [3.05, 3.63) is 191 Å². The number of esters is 1. The van der Waals surface area contributed by atoms with Gasteiger partial charge in [-0.2, -0.15) is 0 Å². The molecule has 0 aliphatic heterocycles. The Morgan fingerprint density at radius 2 is 0.782 bits per heavy atom. The highest BCUT2D eigenvalue weighted by atomic mass is 16.6. The molecule has 0 saturated heterocycles. The highest BCUT2D eigenvalue weighted by Gasteiger charge is 2.35. The van der Waals surface area contributed by atoms with Crippen LogP contribution in [0.15, 0.2) is 158 Å². The predicted molar refractivity (Wildman–Crippen MR) is 217 cm³/mol. The van der Waals surface area contributed by atoms with Gasteiger partial charge in [-0.05, 0) is 62.1 Å². The summed E-state index contributed by atoms with van der Waals surface area (Å²) in [4.78, 5) is 53.1. The van der Waals surface area contributed by atoms with E-state index in [1.807, 2.05) is 104 Å². The zero-order valence-electron chi connectivity index (χ0n) is 31.7. The lowest BCUT2D eigenvalue weighted by Crippen LogP contribution is -2.42. The van der Waals surface area contributed by atoms with Gasteiger partial charge in [0.1, 0.15) is 11.2 Å². The number of rotatable bonds is 14. The van der Waals surface area contributed by atoms with Crippen molar-refractivity contribution in [2.24, 2.45) is 5.92 Å². The fraction of sp³-hybridized carbons (Fsp3) is 0.184. The highest BCUT2D eigenvalue weighted by Crippen LogP contribution is 2.28. The smallest absolute Gasteiger partial charge is 0.338 e. The number of ketones is 3. The van der Waals surface area contributed by atoms with Crippen LogP contribution in [0.25, 0.3) is 22.3 Å². The molecule has 0 aromatic heterocycles. The summed E-state index contributed by atoms with van der Waals surface area (Å²) in [5, 5.41) is 0. The average Bonchev–Trinajstić information content (AvgIpc) is 3.22. The molecule has 6 rings (SSSR count). The van der Waals surface area contributed by atoms with Gasteiger partial charge in [0, 0.05) is 33.7 Å². The van der Waals surface area contributed by atoms with Gasteiger partial charge >= 0.3 is 5.97 Å². The first-order valence-electron chi connectivity index (χ1n) is 18.3. The third kappa shape index (κ3) is 9.11. The first-order chi connectivity index (χ1) is 26.3. The van der Waals surface area contributed by atoms with Gasteiger partial charge in [0.05, 0.1) is 12.2 Å². The van der Waals surface area contributed by atoms with E-state index in [9.17, 15) is 19.2 Å². The van der Waals surface area contributed by atoms with Crippen LogP contribution >= 0.6 is 0 Å². The van der Waals surface area contributed by atoms with Gasteiger partial charge in [0.2, 0.25) is 0 Å². The van der Waals surface area contributed by atoms with Crippen LogP contribution in [0.3, 0.4) is 0 Å². The SMILES string of the molecule is CC(COC(C)(C)C(=O)c1ccc(C(=O)c2ccc(-c3ccccc3)cc2)cc1)C(C)(C)OC(=O)c1ccc(C(=O)c2ccc(-c3ccccc3)cc2)cc1. The van der Waals surface area contributed by atoms with Crippen molar-refractivity contribution >= 4 is 23.3 Å². The molecule has 1 unspecified atom stereocenters. The minimum Gasteiger partial charge on any atom is -0.456 e. The van der Waals surface area contributed by atoms with Crippen LogP contribution in [0.2, 0.25) is 0 Å². The Kier molecular flexibility index (Phi) is 11.5. The minimum absolute atomic E-state index is 0.130. The summed E-state index contributed by atoms with van der Waals surface area (Å²) >= 11 is 0. The van der Waals surface area contributed by atoms with Crippen molar-refractivity contribution in [3.8, 4) is 22.3 Å². The van der Waals surface area contributed by atoms with E-state index in [1.165, 1.54) is 0 Å². The molecule has 0 N–H and O–H groups in total. The summed E-state index contributed by atoms with van der Waals surface area (Å²) in [6, 6.07) is 47.9. The maximum absolute atomic E-state index is 13.5. The van der Waals surface area contributed by atoms with Crippen LogP contribution < -0.4 is 0 Å². The van der Waals surface area contributed by atoms with Crippen LogP contribution in [-0.2, 0) is 9.47 Å². The van der Waals surface area contributed by atoms with Gasteiger partial charge in [-0.1, -0.05) is 153 Å². The number of carbonyl (C=O) groups is 4. The summed E-state index contributed by atoms with van der Waals surface area (Å²) in [7, 11) is 0. The molecule has 6 nitrogen and oxygen atoms in total. The average molecular weight is 729 g/mol. The van der Waals surface area contributed by atoms with Crippen molar-refractivity contribution in [2.45, 2.75) is 45.8 Å². The topological polar surface area (TPSA) is 86.7 Å². The van der Waals surface area contributed by atoms with Crippen molar-refractivity contribution in [1.82, 2.24) is 0 Å². The van der Waals surface area contributed by atoms with E-state index in [4.69, 9.17) is 9.47 Å². The molecule has 0 aliphatic carbocycles. The summed E-state index contributed by atoms with van der Waals surface area (Å²) in [5.74, 6) is -1.31. The zero-order chi connectivity index (χ0) is 39.2. The largest absolute Gasteiger partial charge is 0.456 e. The lowest BCUT2D eigenvalue weighted by atomic mass is 9.91. The summed E-state index contributed by atoms with van der Waals surface area (Å²) < 4.78 is 12.1. The van der Waals surface area contributed by atoms with Crippen molar-refractivity contribution in [2.75, 3.05) is 6.61 Å². The van der Waals surface area contributed by atoms with E-state index >= 15 is 0 Å². The van der Waals surface area contributed by atoms with Crippen LogP contribution in [0.5, 0.6) is 0 Å². The van der Waals surface area contributed by atoms with Gasteiger partial charge in [-0.3, -0.25) is 14.4 Å². The predicted octanol–water partition coefficient (Wildman–Crippen LogP) is 10.7. The van der Waals surface area contributed by atoms with Crippen LogP contribution in [0.1, 0.15) is 87.2 Å². The number of hydrogen-bond acceptors (Lipinski definition) is 6. The van der Waals surface area contributed by atoms with Gasteiger partial charge in [-0.15, -0.1) is 0 Å². The number of Topliss-reactive ketones (excluding diaryl/α,β-unsaturated/α-hetero) is 1. The van der Waals surface area contributed by atoms with Crippen molar-refractivity contribution in [1.29, 1.82) is 0 Å². The van der Waals surface area contributed by atoms with Crippen molar-refractivity contribution < 1.29 is 28.7 Å². The standard InChI is InChI=1S/C49H44O6/c1-33(48(2,3)55-47(53)43-30-26-41(27-31-43)45(51)39-22-18-37(19-23-39)35-14-10-7-11-15-35)32-54-49(4,5)46(52)42-28-24-40(25-29-42)44(50)38-20-16-36(17-21-38)34-12-8-6-9-13-34/h6-31,33H,32H2,1-5H3. The molecule has 0 amide bonds. The Morgan fingerprint density at radius 3 is 1.18 bits per heavy atom. The molecule has 0 spiro atoms. The normalized spacial score (nSPS) is 12.1. The maximum atomic E-state index is 13.5. The molecule has 1 atom stereocenters. The van der Waals surface area contributed by atoms with E-state index < -0.39 is 17.2 Å². The number of carbonyl (C=O) groups excluding carboxylic acids is 4. The van der Waals surface area contributed by atoms with Crippen LogP contribution in [-0.4, -0.2) is 41.1 Å². The Labute approximate surface area is 322 Å². The van der Waals surface area contributed by atoms with E-state index in [0.717, 1.165) is 22.3 Å². The maximum Gasteiger partial charge on any atom is 0.338 e. The molecule has 6 heteroatoms. The molecule has 0 saturated carbocycles. The molecular formula is C49H44O6. The van der Waals surface area contributed by atoms with E-state index in [1.54, 1.807) is 88.4 Å². The molecule has 6 aromatic rings. The first-order valence-corrected chi connectivity index (χ1v) is 18.3. The second-order valence-electron chi connectivity index (χ2n) is 14.7.